The third-order valence-corrected chi connectivity index (χ3v) is 4.37. The van der Waals surface area contributed by atoms with Crippen LogP contribution in [0.2, 0.25) is 0 Å². The Morgan fingerprint density at radius 1 is 1.05 bits per heavy atom. The molecule has 0 aliphatic heterocycles. The number of anilines is 1. The van der Waals surface area contributed by atoms with E-state index < -0.39 is 0 Å². The summed E-state index contributed by atoms with van der Waals surface area (Å²) in [5.74, 6) is 2.39. The maximum Gasteiger partial charge on any atom is 0.133 e. The van der Waals surface area contributed by atoms with Crippen LogP contribution < -0.4 is 5.32 Å². The minimum absolute atomic E-state index is 0.567. The molecule has 1 N–H and O–H groups in total. The van der Waals surface area contributed by atoms with Gasteiger partial charge in [-0.3, -0.25) is 4.98 Å². The van der Waals surface area contributed by atoms with Crippen LogP contribution in [0.15, 0.2) is 42.0 Å². The van der Waals surface area contributed by atoms with Crippen LogP contribution in [0.25, 0.3) is 11.4 Å². The summed E-state index contributed by atoms with van der Waals surface area (Å²) in [7, 11) is 0. The summed E-state index contributed by atoms with van der Waals surface area (Å²) < 4.78 is 0. The van der Waals surface area contributed by atoms with Crippen molar-refractivity contribution in [2.75, 3.05) is 5.32 Å². The maximum atomic E-state index is 4.62. The standard InChI is InChI=1S/C16H15N5S/c1-2-7-17-12(3-1)13-10-22-15(20-13)9-19-14-6-8-18-16(21-14)11-4-5-11/h1-3,6-8,10-11H,4-5,9H2,(H,18,19,21). The molecule has 4 rings (SSSR count). The van der Waals surface area contributed by atoms with Gasteiger partial charge in [-0.2, -0.15) is 0 Å². The minimum atomic E-state index is 0.567. The number of nitrogens with one attached hydrogen (secondary N) is 1. The third-order valence-electron chi connectivity index (χ3n) is 3.52. The van der Waals surface area contributed by atoms with Crippen molar-refractivity contribution in [1.29, 1.82) is 0 Å². The summed E-state index contributed by atoms with van der Waals surface area (Å²) in [5.41, 5.74) is 1.83. The summed E-state index contributed by atoms with van der Waals surface area (Å²) in [6.45, 7) is 0.665. The number of hydrogen-bond acceptors (Lipinski definition) is 6. The number of thiazole rings is 1. The maximum absolute atomic E-state index is 4.62. The Labute approximate surface area is 132 Å². The molecule has 1 fully saturated rings. The van der Waals surface area contributed by atoms with Crippen LogP contribution >= 0.6 is 11.3 Å². The molecule has 22 heavy (non-hydrogen) atoms. The van der Waals surface area contributed by atoms with Crippen molar-refractivity contribution in [3.8, 4) is 11.4 Å². The van der Waals surface area contributed by atoms with Crippen LogP contribution in [0.5, 0.6) is 0 Å². The molecule has 3 aromatic rings. The lowest BCUT2D eigenvalue weighted by Gasteiger charge is -2.04. The number of aromatic nitrogens is 4. The molecule has 6 heteroatoms. The summed E-state index contributed by atoms with van der Waals surface area (Å²) in [5, 5.41) is 6.38. The van der Waals surface area contributed by atoms with Gasteiger partial charge >= 0.3 is 0 Å². The van der Waals surface area contributed by atoms with E-state index in [1.165, 1.54) is 12.8 Å². The van der Waals surface area contributed by atoms with E-state index >= 15 is 0 Å². The molecule has 3 heterocycles. The average molecular weight is 309 g/mol. The van der Waals surface area contributed by atoms with Crippen molar-refractivity contribution in [2.45, 2.75) is 25.3 Å². The predicted octanol–water partition coefficient (Wildman–Crippen LogP) is 3.48. The molecule has 5 nitrogen and oxygen atoms in total. The molecule has 0 atom stereocenters. The monoisotopic (exact) mass is 309 g/mol. The zero-order valence-corrected chi connectivity index (χ0v) is 12.8. The second-order valence-electron chi connectivity index (χ2n) is 5.27. The van der Waals surface area contributed by atoms with Crippen LogP contribution in [0.3, 0.4) is 0 Å². The second-order valence-corrected chi connectivity index (χ2v) is 6.21. The van der Waals surface area contributed by atoms with E-state index in [0.717, 1.165) is 28.0 Å². The molecule has 110 valence electrons. The van der Waals surface area contributed by atoms with E-state index in [-0.39, 0.29) is 0 Å². The molecule has 1 aliphatic carbocycles. The lowest BCUT2D eigenvalue weighted by molar-refractivity contribution is 0.920. The Kier molecular flexibility index (Phi) is 3.52. The largest absolute Gasteiger partial charge is 0.363 e. The molecule has 1 aliphatic rings. The van der Waals surface area contributed by atoms with E-state index in [4.69, 9.17) is 0 Å². The van der Waals surface area contributed by atoms with E-state index in [2.05, 4.69) is 25.3 Å². The van der Waals surface area contributed by atoms with Crippen LogP contribution in [-0.4, -0.2) is 19.9 Å². The van der Waals surface area contributed by atoms with Gasteiger partial charge in [-0.25, -0.2) is 15.0 Å². The summed E-state index contributed by atoms with van der Waals surface area (Å²) in [6, 6.07) is 7.75. The van der Waals surface area contributed by atoms with Crippen molar-refractivity contribution in [3.05, 3.63) is 52.9 Å². The van der Waals surface area contributed by atoms with Crippen molar-refractivity contribution < 1.29 is 0 Å². The lowest BCUT2D eigenvalue weighted by atomic mass is 10.3. The highest BCUT2D eigenvalue weighted by molar-refractivity contribution is 7.09. The van der Waals surface area contributed by atoms with E-state index in [1.807, 2.05) is 35.8 Å². The Morgan fingerprint density at radius 3 is 2.82 bits per heavy atom. The third kappa shape index (κ3) is 2.96. The quantitative estimate of drug-likeness (QED) is 0.781. The van der Waals surface area contributed by atoms with Gasteiger partial charge in [0.1, 0.15) is 16.6 Å². The molecule has 0 aromatic carbocycles. The van der Waals surface area contributed by atoms with Gasteiger partial charge in [0.05, 0.1) is 17.9 Å². The van der Waals surface area contributed by atoms with Gasteiger partial charge in [0, 0.05) is 23.7 Å². The Balaban J connectivity index is 1.44. The Morgan fingerprint density at radius 2 is 2.00 bits per heavy atom. The van der Waals surface area contributed by atoms with Gasteiger partial charge < -0.3 is 5.32 Å². The highest BCUT2D eigenvalue weighted by atomic mass is 32.1. The van der Waals surface area contributed by atoms with E-state index in [9.17, 15) is 0 Å². The molecular formula is C16H15N5S. The van der Waals surface area contributed by atoms with Crippen LogP contribution in [0.4, 0.5) is 5.82 Å². The number of pyridine rings is 1. The zero-order chi connectivity index (χ0) is 14.8. The van der Waals surface area contributed by atoms with Gasteiger partial charge in [0.2, 0.25) is 0 Å². The lowest BCUT2D eigenvalue weighted by Crippen LogP contribution is -2.03. The number of nitrogens with zero attached hydrogens (tertiary/aromatic N) is 4. The first kappa shape index (κ1) is 13.3. The van der Waals surface area contributed by atoms with E-state index in [0.29, 0.717) is 12.5 Å². The second kappa shape index (κ2) is 5.81. The van der Waals surface area contributed by atoms with Crippen molar-refractivity contribution in [2.24, 2.45) is 0 Å². The van der Waals surface area contributed by atoms with E-state index in [1.54, 1.807) is 17.5 Å². The molecule has 0 radical (unpaired) electrons. The summed E-state index contributed by atoms with van der Waals surface area (Å²) in [4.78, 5) is 17.8. The van der Waals surface area contributed by atoms with Crippen LogP contribution in [0.1, 0.15) is 29.6 Å². The zero-order valence-electron chi connectivity index (χ0n) is 11.9. The summed E-state index contributed by atoms with van der Waals surface area (Å²) >= 11 is 1.63. The van der Waals surface area contributed by atoms with Gasteiger partial charge in [-0.15, -0.1) is 11.3 Å². The van der Waals surface area contributed by atoms with Crippen molar-refractivity contribution in [1.82, 2.24) is 19.9 Å². The first-order chi connectivity index (χ1) is 10.9. The Hall–Kier alpha value is -2.34. The molecule has 3 aromatic heterocycles. The molecule has 0 spiro atoms. The highest BCUT2D eigenvalue weighted by Gasteiger charge is 2.26. The number of hydrogen-bond donors (Lipinski definition) is 1. The average Bonchev–Trinajstić information content (AvgIpc) is 3.32. The SMILES string of the molecule is c1ccc(-c2csc(CNc3ccnc(C4CC4)n3)n2)nc1. The van der Waals surface area contributed by atoms with Crippen molar-refractivity contribution in [3.63, 3.8) is 0 Å². The Bertz CT molecular complexity index is 767. The molecule has 0 saturated heterocycles. The topological polar surface area (TPSA) is 63.6 Å². The minimum Gasteiger partial charge on any atom is -0.363 e. The smallest absolute Gasteiger partial charge is 0.133 e. The van der Waals surface area contributed by atoms with Gasteiger partial charge in [-0.05, 0) is 31.0 Å². The van der Waals surface area contributed by atoms with Gasteiger partial charge in [-0.1, -0.05) is 6.07 Å². The molecule has 0 amide bonds. The number of rotatable bonds is 5. The summed E-state index contributed by atoms with van der Waals surface area (Å²) in [6.07, 6.45) is 6.03. The van der Waals surface area contributed by atoms with Crippen LogP contribution in [-0.2, 0) is 6.54 Å². The van der Waals surface area contributed by atoms with Gasteiger partial charge in [0.15, 0.2) is 0 Å². The molecular weight excluding hydrogens is 294 g/mol. The predicted molar refractivity (Wildman–Crippen MR) is 86.7 cm³/mol. The van der Waals surface area contributed by atoms with Crippen molar-refractivity contribution >= 4 is 17.2 Å². The first-order valence-electron chi connectivity index (χ1n) is 7.31. The normalized spacial score (nSPS) is 14.0. The first-order valence-corrected chi connectivity index (χ1v) is 8.19. The fourth-order valence-corrected chi connectivity index (χ4v) is 2.93. The molecule has 1 saturated carbocycles. The molecule has 0 unspecified atom stereocenters. The molecule has 0 bridgehead atoms. The van der Waals surface area contributed by atoms with Gasteiger partial charge in [0.25, 0.3) is 0 Å². The fourth-order valence-electron chi connectivity index (χ4n) is 2.20. The fraction of sp³-hybridized carbons (Fsp3) is 0.250. The highest BCUT2D eigenvalue weighted by Crippen LogP contribution is 2.38. The van der Waals surface area contributed by atoms with Crippen LogP contribution in [0, 0.1) is 0 Å².